The van der Waals surface area contributed by atoms with E-state index in [1.807, 2.05) is 0 Å². The number of unbranched alkanes of at least 4 members (excludes halogenated alkanes) is 57. The third kappa shape index (κ3) is 78.2. The normalized spacial score (nSPS) is 13.8. The number of hydrogen-bond acceptors (Lipinski definition) is 15. The van der Waals surface area contributed by atoms with Crippen molar-refractivity contribution in [2.24, 2.45) is 5.92 Å². The van der Waals surface area contributed by atoms with E-state index in [1.54, 1.807) is 0 Å². The van der Waals surface area contributed by atoms with Crippen molar-refractivity contribution in [1.29, 1.82) is 0 Å². The highest BCUT2D eigenvalue weighted by Crippen LogP contribution is 2.45. The second-order valence-corrected chi connectivity index (χ2v) is 34.0. The van der Waals surface area contributed by atoms with Gasteiger partial charge in [0.05, 0.1) is 26.4 Å². The van der Waals surface area contributed by atoms with Crippen molar-refractivity contribution >= 4 is 39.5 Å². The molecule has 0 saturated carbocycles. The van der Waals surface area contributed by atoms with Gasteiger partial charge < -0.3 is 33.8 Å². The molecule has 0 aromatic carbocycles. The second kappa shape index (κ2) is 77.8. The summed E-state index contributed by atoms with van der Waals surface area (Å²) in [5.41, 5.74) is 0. The lowest BCUT2D eigenvalue weighted by molar-refractivity contribution is -0.161. The molecule has 2 unspecified atom stereocenters. The first kappa shape index (κ1) is 102. The maximum absolute atomic E-state index is 13.1. The van der Waals surface area contributed by atoms with Crippen LogP contribution in [-0.2, 0) is 65.4 Å². The van der Waals surface area contributed by atoms with Crippen LogP contribution in [0.15, 0.2) is 0 Å². The Morgan fingerprint density at radius 2 is 0.442 bits per heavy atom. The molecular formula is C85H166O17P2. The van der Waals surface area contributed by atoms with Gasteiger partial charge in [0, 0.05) is 25.7 Å². The van der Waals surface area contributed by atoms with E-state index >= 15 is 0 Å². The van der Waals surface area contributed by atoms with Gasteiger partial charge in [0.1, 0.15) is 19.3 Å². The highest BCUT2D eigenvalue weighted by molar-refractivity contribution is 7.47. The molecule has 0 aliphatic rings. The first-order valence-corrected chi connectivity index (χ1v) is 47.1. The molecule has 3 N–H and O–H groups in total. The van der Waals surface area contributed by atoms with E-state index in [2.05, 4.69) is 34.6 Å². The molecule has 17 nitrogen and oxygen atoms in total. The second-order valence-electron chi connectivity index (χ2n) is 31.1. The summed E-state index contributed by atoms with van der Waals surface area (Å²) in [5, 5.41) is 10.7. The van der Waals surface area contributed by atoms with Crippen molar-refractivity contribution in [3.05, 3.63) is 0 Å². The Morgan fingerprint density at radius 1 is 0.260 bits per heavy atom. The van der Waals surface area contributed by atoms with Crippen LogP contribution in [0.1, 0.15) is 458 Å². The lowest BCUT2D eigenvalue weighted by atomic mass is 10.0. The number of ether oxygens (including phenoxy) is 4. The zero-order chi connectivity index (χ0) is 76.2. The number of carbonyl (C=O) groups is 4. The molecule has 618 valence electrons. The first-order chi connectivity index (χ1) is 50.5. The number of carbonyl (C=O) groups excluding carboxylic acids is 4. The molecule has 5 atom stereocenters. The van der Waals surface area contributed by atoms with Crippen molar-refractivity contribution in [2.75, 3.05) is 39.6 Å². The van der Waals surface area contributed by atoms with Gasteiger partial charge in [-0.1, -0.05) is 407 Å². The predicted molar refractivity (Wildman–Crippen MR) is 428 cm³/mol. The molecule has 0 aliphatic heterocycles. The average Bonchev–Trinajstić information content (AvgIpc) is 0.912. The first-order valence-electron chi connectivity index (χ1n) is 44.1. The van der Waals surface area contributed by atoms with E-state index in [-0.39, 0.29) is 25.7 Å². The van der Waals surface area contributed by atoms with Crippen molar-refractivity contribution in [2.45, 2.75) is 477 Å². The molecule has 0 aromatic rings. The molecule has 19 heteroatoms. The maximum atomic E-state index is 13.1. The Bertz CT molecular complexity index is 1980. The van der Waals surface area contributed by atoms with Crippen molar-refractivity contribution < 1.29 is 80.2 Å². The molecule has 0 saturated heterocycles. The van der Waals surface area contributed by atoms with Crippen LogP contribution in [0.3, 0.4) is 0 Å². The Labute approximate surface area is 638 Å². The Balaban J connectivity index is 5.17. The third-order valence-electron chi connectivity index (χ3n) is 20.0. The molecule has 0 fully saturated rings. The molecule has 0 heterocycles. The standard InChI is InChI=1S/C85H166O17P2/c1-6-9-12-15-18-21-24-26-28-30-32-34-36-38-40-42-44-47-50-55-61-66-71-85(90)101-80(74-95-82(87)68-63-58-53-48-46-43-41-39-37-35-33-31-29-27-25-22-19-16-13-10-7-2)76-99-103(91,92)97-72-79(86)73-98-104(93,94)100-77-81(75-96-83(88)69-64-59-56-51-52-57-62-67-78(4)5)102-84(89)70-65-60-54-49-45-23-20-17-14-11-8-3/h78-81,86H,6-77H2,1-5H3,(H,91,92)(H,93,94)/t79-,80-,81-/m1/s1. The van der Waals surface area contributed by atoms with Gasteiger partial charge in [-0.25, -0.2) is 9.13 Å². The SMILES string of the molecule is CCCCCCCCCCCCCCCCCCCCCCCCC(=O)O[C@H](COC(=O)CCCCCCCCCCCCCCCCCCCCCCC)COP(=O)(O)OC[C@@H](O)COP(=O)(O)OC[C@@H](COC(=O)CCCCCCCCCC(C)C)OC(=O)CCCCCCCCCCCCC. The number of phosphoric acid groups is 2. The van der Waals surface area contributed by atoms with Gasteiger partial charge in [0.15, 0.2) is 12.2 Å². The number of hydrogen-bond donors (Lipinski definition) is 3. The fourth-order valence-electron chi connectivity index (χ4n) is 13.3. The van der Waals surface area contributed by atoms with Crippen LogP contribution < -0.4 is 0 Å². The summed E-state index contributed by atoms with van der Waals surface area (Å²) >= 11 is 0. The van der Waals surface area contributed by atoms with Crippen LogP contribution in [0, 0.1) is 5.92 Å². The van der Waals surface area contributed by atoms with Gasteiger partial charge in [0.2, 0.25) is 0 Å². The van der Waals surface area contributed by atoms with Crippen LogP contribution in [-0.4, -0.2) is 96.7 Å². The highest BCUT2D eigenvalue weighted by Gasteiger charge is 2.30. The van der Waals surface area contributed by atoms with Gasteiger partial charge >= 0.3 is 39.5 Å². The van der Waals surface area contributed by atoms with Gasteiger partial charge in [-0.3, -0.25) is 37.3 Å². The Kier molecular flexibility index (Phi) is 76.3. The molecule has 0 aromatic heterocycles. The zero-order valence-electron chi connectivity index (χ0n) is 68.2. The highest BCUT2D eigenvalue weighted by atomic mass is 31.2. The Hall–Kier alpha value is -1.94. The van der Waals surface area contributed by atoms with E-state index < -0.39 is 97.5 Å². The number of aliphatic hydroxyl groups excluding tert-OH is 1. The van der Waals surface area contributed by atoms with Gasteiger partial charge in [-0.05, 0) is 31.6 Å². The van der Waals surface area contributed by atoms with Gasteiger partial charge in [-0.15, -0.1) is 0 Å². The molecule has 0 spiro atoms. The van der Waals surface area contributed by atoms with Crippen molar-refractivity contribution in [3.8, 4) is 0 Å². The van der Waals surface area contributed by atoms with Crippen LogP contribution in [0.4, 0.5) is 0 Å². The van der Waals surface area contributed by atoms with Crippen LogP contribution in [0.5, 0.6) is 0 Å². The number of rotatable bonds is 85. The molecule has 0 radical (unpaired) electrons. The van der Waals surface area contributed by atoms with Gasteiger partial charge in [-0.2, -0.15) is 0 Å². The van der Waals surface area contributed by atoms with Crippen LogP contribution >= 0.6 is 15.6 Å². The van der Waals surface area contributed by atoms with Crippen LogP contribution in [0.25, 0.3) is 0 Å². The summed E-state index contributed by atoms with van der Waals surface area (Å²) in [6.07, 6.45) is 71.2. The number of esters is 4. The quantitative estimate of drug-likeness (QED) is 0.0222. The van der Waals surface area contributed by atoms with Crippen LogP contribution in [0.2, 0.25) is 0 Å². The average molecular weight is 1520 g/mol. The summed E-state index contributed by atoms with van der Waals surface area (Å²) in [4.78, 5) is 73.1. The summed E-state index contributed by atoms with van der Waals surface area (Å²) in [7, 11) is -9.92. The molecule has 104 heavy (non-hydrogen) atoms. The number of phosphoric ester groups is 2. The summed E-state index contributed by atoms with van der Waals surface area (Å²) < 4.78 is 68.8. The van der Waals surface area contributed by atoms with E-state index in [1.165, 1.54) is 276 Å². The fraction of sp³-hybridized carbons (Fsp3) is 0.953. The number of aliphatic hydroxyl groups is 1. The molecule has 0 amide bonds. The predicted octanol–water partition coefficient (Wildman–Crippen LogP) is 26.0. The summed E-state index contributed by atoms with van der Waals surface area (Å²) in [6, 6.07) is 0. The lowest BCUT2D eigenvalue weighted by Crippen LogP contribution is -2.30. The van der Waals surface area contributed by atoms with E-state index in [9.17, 15) is 43.2 Å². The largest absolute Gasteiger partial charge is 0.472 e. The minimum absolute atomic E-state index is 0.107. The van der Waals surface area contributed by atoms with Crippen molar-refractivity contribution in [1.82, 2.24) is 0 Å². The fourth-order valence-corrected chi connectivity index (χ4v) is 14.9. The molecule has 0 bridgehead atoms. The van der Waals surface area contributed by atoms with E-state index in [0.717, 1.165) is 96.3 Å². The van der Waals surface area contributed by atoms with Gasteiger partial charge in [0.25, 0.3) is 0 Å². The minimum atomic E-state index is -4.96. The maximum Gasteiger partial charge on any atom is 0.472 e. The molecule has 0 rings (SSSR count). The van der Waals surface area contributed by atoms with E-state index in [0.29, 0.717) is 31.6 Å². The zero-order valence-corrected chi connectivity index (χ0v) is 70.0. The smallest absolute Gasteiger partial charge is 0.462 e. The topological polar surface area (TPSA) is 237 Å². The lowest BCUT2D eigenvalue weighted by Gasteiger charge is -2.21. The molecule has 0 aliphatic carbocycles. The minimum Gasteiger partial charge on any atom is -0.462 e. The van der Waals surface area contributed by atoms with Crippen molar-refractivity contribution in [3.63, 3.8) is 0 Å². The third-order valence-corrected chi connectivity index (χ3v) is 21.9. The summed E-state index contributed by atoms with van der Waals surface area (Å²) in [6.45, 7) is 7.28. The summed E-state index contributed by atoms with van der Waals surface area (Å²) in [5.74, 6) is -1.40. The molecular weight excluding hydrogens is 1350 g/mol. The van der Waals surface area contributed by atoms with E-state index in [4.69, 9.17) is 37.0 Å². The monoisotopic (exact) mass is 1520 g/mol. The Morgan fingerprint density at radius 3 is 0.654 bits per heavy atom.